The van der Waals surface area contributed by atoms with Gasteiger partial charge in [-0.25, -0.2) is 0 Å². The van der Waals surface area contributed by atoms with Gasteiger partial charge in [0.2, 0.25) is 11.8 Å². The average molecular weight is 366 g/mol. The van der Waals surface area contributed by atoms with Crippen LogP contribution in [0.15, 0.2) is 42.5 Å². The third-order valence-electron chi connectivity index (χ3n) is 5.68. The average Bonchev–Trinajstić information content (AvgIpc) is 3.28. The van der Waals surface area contributed by atoms with E-state index in [-0.39, 0.29) is 30.2 Å². The highest BCUT2D eigenvalue weighted by atomic mass is 16.4. The number of carbonyl (C=O) groups is 3. The van der Waals surface area contributed by atoms with Crippen LogP contribution in [-0.4, -0.2) is 35.5 Å². The summed E-state index contributed by atoms with van der Waals surface area (Å²) in [5, 5.41) is 14.1. The molecule has 1 saturated carbocycles. The van der Waals surface area contributed by atoms with Crippen molar-refractivity contribution in [2.75, 3.05) is 11.4 Å². The fourth-order valence-corrected chi connectivity index (χ4v) is 4.22. The van der Waals surface area contributed by atoms with Gasteiger partial charge in [-0.05, 0) is 30.7 Å². The molecule has 6 heteroatoms. The van der Waals surface area contributed by atoms with E-state index in [0.29, 0.717) is 25.8 Å². The minimum atomic E-state index is -0.801. The van der Waals surface area contributed by atoms with Gasteiger partial charge in [0, 0.05) is 24.4 Å². The number of nitrogens with one attached hydrogen (secondary N) is 1. The van der Waals surface area contributed by atoms with Crippen molar-refractivity contribution >= 4 is 34.2 Å². The number of amides is 2. The standard InChI is InChI=1S/C21H22N2O4/c24-19-11-15(20(25)22-16-9-8-14(10-16)21(26)27)12-23(19)18-7-3-5-13-4-1-2-6-17(13)18/h1-7,14-16H,8-12H2,(H,22,25)(H,26,27)/t14-,15?,16+/m0/s1. The van der Waals surface area contributed by atoms with Gasteiger partial charge in [-0.2, -0.15) is 0 Å². The number of fused-ring (bicyclic) bond motifs is 1. The molecule has 3 atom stereocenters. The predicted octanol–water partition coefficient (Wildman–Crippen LogP) is 2.56. The van der Waals surface area contributed by atoms with E-state index in [1.165, 1.54) is 0 Å². The van der Waals surface area contributed by atoms with Gasteiger partial charge in [0.1, 0.15) is 0 Å². The molecule has 0 radical (unpaired) electrons. The molecule has 2 aromatic rings. The van der Waals surface area contributed by atoms with Gasteiger partial charge >= 0.3 is 5.97 Å². The number of nitrogens with zero attached hydrogens (tertiary/aromatic N) is 1. The first-order chi connectivity index (χ1) is 13.0. The van der Waals surface area contributed by atoms with Crippen molar-refractivity contribution in [3.63, 3.8) is 0 Å². The van der Waals surface area contributed by atoms with Crippen LogP contribution in [0.2, 0.25) is 0 Å². The molecule has 2 N–H and O–H groups in total. The molecule has 0 aromatic heterocycles. The molecule has 0 spiro atoms. The van der Waals surface area contributed by atoms with Gasteiger partial charge in [0.25, 0.3) is 0 Å². The Labute approximate surface area is 157 Å². The molecule has 1 unspecified atom stereocenters. The van der Waals surface area contributed by atoms with Gasteiger partial charge in [0.15, 0.2) is 0 Å². The molecule has 4 rings (SSSR count). The zero-order chi connectivity index (χ0) is 19.0. The lowest BCUT2D eigenvalue weighted by Crippen LogP contribution is -2.39. The number of hydrogen-bond acceptors (Lipinski definition) is 3. The van der Waals surface area contributed by atoms with Crippen molar-refractivity contribution in [3.05, 3.63) is 42.5 Å². The van der Waals surface area contributed by atoms with Crippen LogP contribution in [0, 0.1) is 11.8 Å². The van der Waals surface area contributed by atoms with Gasteiger partial charge < -0.3 is 15.3 Å². The molecule has 0 bridgehead atoms. The first-order valence-corrected chi connectivity index (χ1v) is 9.34. The van der Waals surface area contributed by atoms with Crippen LogP contribution in [0.1, 0.15) is 25.7 Å². The molecular weight excluding hydrogens is 344 g/mol. The monoisotopic (exact) mass is 366 g/mol. The Hall–Kier alpha value is -2.89. The lowest BCUT2D eigenvalue weighted by Gasteiger charge is -2.20. The minimum Gasteiger partial charge on any atom is -0.481 e. The smallest absolute Gasteiger partial charge is 0.306 e. The highest BCUT2D eigenvalue weighted by molar-refractivity contribution is 6.07. The number of rotatable bonds is 4. The number of hydrogen-bond donors (Lipinski definition) is 2. The van der Waals surface area contributed by atoms with Crippen molar-refractivity contribution in [3.8, 4) is 0 Å². The van der Waals surface area contributed by atoms with Gasteiger partial charge in [-0.3, -0.25) is 14.4 Å². The van der Waals surface area contributed by atoms with E-state index in [1.807, 2.05) is 42.5 Å². The summed E-state index contributed by atoms with van der Waals surface area (Å²) in [6.45, 7) is 0.355. The summed E-state index contributed by atoms with van der Waals surface area (Å²) in [7, 11) is 0. The number of aliphatic carboxylic acids is 1. The quantitative estimate of drug-likeness (QED) is 0.871. The maximum absolute atomic E-state index is 12.6. The SMILES string of the molecule is O=C(N[C@@H]1CC[C@H](C(=O)O)C1)C1CC(=O)N(c2cccc3ccccc23)C1. The molecule has 2 amide bonds. The molecule has 1 aliphatic heterocycles. The summed E-state index contributed by atoms with van der Waals surface area (Å²) in [5.74, 6) is -1.79. The Morgan fingerprint density at radius 3 is 2.59 bits per heavy atom. The second-order valence-electron chi connectivity index (χ2n) is 7.46. The van der Waals surface area contributed by atoms with Crippen LogP contribution in [0.5, 0.6) is 0 Å². The summed E-state index contributed by atoms with van der Waals surface area (Å²) in [5.41, 5.74) is 0.834. The van der Waals surface area contributed by atoms with E-state index < -0.39 is 11.9 Å². The predicted molar refractivity (Wildman–Crippen MR) is 101 cm³/mol. The van der Waals surface area contributed by atoms with Gasteiger partial charge in [-0.1, -0.05) is 36.4 Å². The lowest BCUT2D eigenvalue weighted by molar-refractivity contribution is -0.141. The van der Waals surface area contributed by atoms with Crippen LogP contribution >= 0.6 is 0 Å². The molecule has 1 heterocycles. The molecule has 1 saturated heterocycles. The van der Waals surface area contributed by atoms with Crippen molar-refractivity contribution in [1.82, 2.24) is 5.32 Å². The van der Waals surface area contributed by atoms with E-state index in [0.717, 1.165) is 16.5 Å². The van der Waals surface area contributed by atoms with Crippen molar-refractivity contribution < 1.29 is 19.5 Å². The highest BCUT2D eigenvalue weighted by Crippen LogP contribution is 2.32. The first-order valence-electron chi connectivity index (χ1n) is 9.34. The third kappa shape index (κ3) is 3.39. The number of benzene rings is 2. The van der Waals surface area contributed by atoms with E-state index in [9.17, 15) is 14.4 Å². The third-order valence-corrected chi connectivity index (χ3v) is 5.68. The topological polar surface area (TPSA) is 86.7 Å². The largest absolute Gasteiger partial charge is 0.481 e. The van der Waals surface area contributed by atoms with Gasteiger partial charge in [-0.15, -0.1) is 0 Å². The van der Waals surface area contributed by atoms with Crippen LogP contribution in [-0.2, 0) is 14.4 Å². The van der Waals surface area contributed by atoms with Crippen LogP contribution in [0.4, 0.5) is 5.69 Å². The second-order valence-corrected chi connectivity index (χ2v) is 7.46. The van der Waals surface area contributed by atoms with E-state index in [4.69, 9.17) is 5.11 Å². The maximum Gasteiger partial charge on any atom is 0.306 e. The molecule has 1 aliphatic carbocycles. The van der Waals surface area contributed by atoms with Crippen molar-refractivity contribution in [1.29, 1.82) is 0 Å². The minimum absolute atomic E-state index is 0.0543. The highest BCUT2D eigenvalue weighted by Gasteiger charge is 2.38. The van der Waals surface area contributed by atoms with Gasteiger partial charge in [0.05, 0.1) is 17.5 Å². The van der Waals surface area contributed by atoms with Crippen LogP contribution in [0.3, 0.4) is 0 Å². The Balaban J connectivity index is 1.46. The summed E-state index contributed by atoms with van der Waals surface area (Å²) in [4.78, 5) is 38.0. The fourth-order valence-electron chi connectivity index (χ4n) is 4.22. The number of carbonyl (C=O) groups excluding carboxylic acids is 2. The summed E-state index contributed by atoms with van der Waals surface area (Å²) in [6.07, 6.45) is 1.92. The fraction of sp³-hybridized carbons (Fsp3) is 0.381. The molecule has 140 valence electrons. The first kappa shape index (κ1) is 17.5. The Morgan fingerprint density at radius 1 is 1.04 bits per heavy atom. The molecule has 6 nitrogen and oxygen atoms in total. The van der Waals surface area contributed by atoms with Crippen LogP contribution < -0.4 is 10.2 Å². The summed E-state index contributed by atoms with van der Waals surface area (Å²) in [6, 6.07) is 13.6. The molecule has 2 fully saturated rings. The normalized spacial score (nSPS) is 25.1. The number of anilines is 1. The maximum atomic E-state index is 12.6. The Kier molecular flexibility index (Phi) is 4.56. The number of carboxylic acid groups (broad SMARTS) is 1. The summed E-state index contributed by atoms with van der Waals surface area (Å²) >= 11 is 0. The van der Waals surface area contributed by atoms with E-state index in [2.05, 4.69) is 5.32 Å². The summed E-state index contributed by atoms with van der Waals surface area (Å²) < 4.78 is 0. The van der Waals surface area contributed by atoms with Crippen molar-refractivity contribution in [2.24, 2.45) is 11.8 Å². The van der Waals surface area contributed by atoms with Crippen molar-refractivity contribution in [2.45, 2.75) is 31.7 Å². The van der Waals surface area contributed by atoms with E-state index in [1.54, 1.807) is 4.90 Å². The zero-order valence-electron chi connectivity index (χ0n) is 14.9. The Bertz CT molecular complexity index is 905. The molecule has 2 aromatic carbocycles. The van der Waals surface area contributed by atoms with Crippen LogP contribution in [0.25, 0.3) is 10.8 Å². The molecule has 27 heavy (non-hydrogen) atoms. The number of carboxylic acids is 1. The molecular formula is C21H22N2O4. The zero-order valence-corrected chi connectivity index (χ0v) is 14.9. The second kappa shape index (κ2) is 7.02. The Morgan fingerprint density at radius 2 is 1.81 bits per heavy atom. The molecule has 2 aliphatic rings. The van der Waals surface area contributed by atoms with E-state index >= 15 is 0 Å². The lowest BCUT2D eigenvalue weighted by atomic mass is 10.1.